The summed E-state index contributed by atoms with van der Waals surface area (Å²) < 4.78 is 20.1. The number of nitrogens with zero attached hydrogens (tertiary/aromatic N) is 2. The van der Waals surface area contributed by atoms with Crippen molar-refractivity contribution in [2.75, 3.05) is 4.90 Å². The van der Waals surface area contributed by atoms with E-state index in [0.717, 1.165) is 22.6 Å². The molecule has 3 heterocycles. The summed E-state index contributed by atoms with van der Waals surface area (Å²) in [5.74, 6) is -1.51. The summed E-state index contributed by atoms with van der Waals surface area (Å²) in [4.78, 5) is 32.4. The first kappa shape index (κ1) is 21.5. The number of aliphatic hydroxyl groups excluding tert-OH is 1. The van der Waals surface area contributed by atoms with Gasteiger partial charge in [0, 0.05) is 12.0 Å². The monoisotopic (exact) mass is 486 g/mol. The fourth-order valence-corrected chi connectivity index (χ4v) is 5.71. The molecule has 2 aliphatic heterocycles. The van der Waals surface area contributed by atoms with Crippen LogP contribution in [0.15, 0.2) is 72.3 Å². The van der Waals surface area contributed by atoms with Crippen molar-refractivity contribution >= 4 is 44.1 Å². The van der Waals surface area contributed by atoms with Gasteiger partial charge in [-0.1, -0.05) is 41.7 Å². The van der Waals surface area contributed by atoms with Crippen LogP contribution >= 0.6 is 11.3 Å². The molecule has 0 bridgehead atoms. The number of carbonyl (C=O) groups excluding carboxylic acids is 2. The van der Waals surface area contributed by atoms with Crippen molar-refractivity contribution in [2.24, 2.45) is 0 Å². The molecule has 2 atom stereocenters. The lowest BCUT2D eigenvalue weighted by Crippen LogP contribution is -2.29. The highest BCUT2D eigenvalue weighted by Gasteiger charge is 2.48. The molecule has 0 radical (unpaired) electrons. The fourth-order valence-electron chi connectivity index (χ4n) is 4.69. The number of Topliss-reactive ketones (excluding diaryl/α,β-unsaturated/α-hetero) is 1. The third-order valence-corrected chi connectivity index (χ3v) is 7.29. The molecule has 0 saturated carbocycles. The van der Waals surface area contributed by atoms with Crippen molar-refractivity contribution in [3.8, 4) is 5.75 Å². The minimum Gasteiger partial charge on any atom is -0.507 e. The normalized spacial score (nSPS) is 20.9. The van der Waals surface area contributed by atoms with Crippen molar-refractivity contribution in [2.45, 2.75) is 25.5 Å². The number of benzene rings is 3. The number of ether oxygens (including phenoxy) is 1. The number of halogens is 1. The van der Waals surface area contributed by atoms with E-state index in [1.807, 2.05) is 13.0 Å². The molecule has 0 unspecified atom stereocenters. The van der Waals surface area contributed by atoms with E-state index in [2.05, 4.69) is 4.98 Å². The van der Waals surface area contributed by atoms with Gasteiger partial charge in [-0.25, -0.2) is 9.37 Å². The minimum atomic E-state index is -0.884. The molecular weight excluding hydrogens is 467 g/mol. The number of aromatic nitrogens is 1. The van der Waals surface area contributed by atoms with Crippen molar-refractivity contribution in [3.63, 3.8) is 0 Å². The highest BCUT2D eigenvalue weighted by atomic mass is 32.1. The quantitative estimate of drug-likeness (QED) is 0.239. The minimum absolute atomic E-state index is 0.0152. The van der Waals surface area contributed by atoms with Gasteiger partial charge in [0.1, 0.15) is 23.4 Å². The molecule has 0 spiro atoms. The van der Waals surface area contributed by atoms with E-state index in [0.29, 0.717) is 27.8 Å². The zero-order valence-electron chi connectivity index (χ0n) is 18.6. The Morgan fingerprint density at radius 3 is 2.71 bits per heavy atom. The Morgan fingerprint density at radius 1 is 1.11 bits per heavy atom. The van der Waals surface area contributed by atoms with Gasteiger partial charge in [0.25, 0.3) is 5.78 Å². The van der Waals surface area contributed by atoms with Gasteiger partial charge >= 0.3 is 5.91 Å². The van der Waals surface area contributed by atoms with Gasteiger partial charge < -0.3 is 9.84 Å². The van der Waals surface area contributed by atoms with Crippen LogP contribution in [0.1, 0.15) is 29.7 Å². The zero-order chi connectivity index (χ0) is 24.3. The molecule has 1 aromatic heterocycles. The Morgan fingerprint density at radius 2 is 1.91 bits per heavy atom. The maximum Gasteiger partial charge on any atom is 0.301 e. The van der Waals surface area contributed by atoms with Crippen LogP contribution < -0.4 is 9.64 Å². The molecular formula is C27H19FN2O4S. The number of amides is 1. The standard InChI is InChI=1S/C27H19FN2O4S/c1-14-11-17-12-16(7-10-20(17)34-14)24(31)22-23(15-5-3-2-4-6-15)30(26(33)25(22)32)27-29-19-9-8-18(28)13-21(19)35-27/h2-10,12-14,23,31H,11H2,1H3/b24-22+/t14-,23+/m0/s1. The van der Waals surface area contributed by atoms with Crippen LogP contribution in [0.5, 0.6) is 5.75 Å². The van der Waals surface area contributed by atoms with Gasteiger partial charge in [0.05, 0.1) is 21.8 Å². The van der Waals surface area contributed by atoms with Crippen LogP contribution in [-0.4, -0.2) is 27.9 Å². The van der Waals surface area contributed by atoms with Gasteiger partial charge in [-0.15, -0.1) is 0 Å². The number of anilines is 1. The number of rotatable bonds is 3. The highest BCUT2D eigenvalue weighted by Crippen LogP contribution is 2.44. The molecule has 1 N–H and O–H groups in total. The van der Waals surface area contributed by atoms with Crippen molar-refractivity contribution < 1.29 is 23.8 Å². The van der Waals surface area contributed by atoms with E-state index in [1.54, 1.807) is 42.5 Å². The Bertz CT molecular complexity index is 1550. The summed E-state index contributed by atoms with van der Waals surface area (Å²) in [5, 5.41) is 11.6. The van der Waals surface area contributed by atoms with Gasteiger partial charge in [-0.05, 0) is 54.4 Å². The number of hydrogen-bond donors (Lipinski definition) is 1. The summed E-state index contributed by atoms with van der Waals surface area (Å²) in [7, 11) is 0. The molecule has 8 heteroatoms. The molecule has 6 rings (SSSR count). The van der Waals surface area contributed by atoms with Crippen molar-refractivity contribution in [1.29, 1.82) is 0 Å². The Hall–Kier alpha value is -4.04. The molecule has 3 aromatic carbocycles. The third-order valence-electron chi connectivity index (χ3n) is 6.27. The predicted molar refractivity (Wildman–Crippen MR) is 131 cm³/mol. The van der Waals surface area contributed by atoms with Crippen LogP contribution in [0.3, 0.4) is 0 Å². The van der Waals surface area contributed by atoms with Crippen molar-refractivity contribution in [1.82, 2.24) is 4.98 Å². The van der Waals surface area contributed by atoms with E-state index in [4.69, 9.17) is 4.74 Å². The number of thiazole rings is 1. The SMILES string of the molecule is C[C@H]1Cc2cc(/C(O)=C3\C(=O)C(=O)N(c4nc5ccc(F)cc5s4)[C@@H]3c3ccccc3)ccc2O1. The van der Waals surface area contributed by atoms with Crippen LogP contribution in [-0.2, 0) is 16.0 Å². The first-order valence-corrected chi connectivity index (χ1v) is 11.9. The summed E-state index contributed by atoms with van der Waals surface area (Å²) in [6, 6.07) is 17.6. The molecule has 35 heavy (non-hydrogen) atoms. The van der Waals surface area contributed by atoms with Gasteiger partial charge in [-0.2, -0.15) is 0 Å². The molecule has 4 aromatic rings. The van der Waals surface area contributed by atoms with Crippen LogP contribution in [0.4, 0.5) is 9.52 Å². The highest BCUT2D eigenvalue weighted by molar-refractivity contribution is 7.22. The third kappa shape index (κ3) is 3.49. The van der Waals surface area contributed by atoms with Crippen molar-refractivity contribution in [3.05, 3.63) is 94.8 Å². The Labute approximate surface area is 203 Å². The summed E-state index contributed by atoms with van der Waals surface area (Å²) in [5.41, 5.74) is 2.52. The van der Waals surface area contributed by atoms with Gasteiger partial charge in [0.2, 0.25) is 0 Å². The molecule has 1 fully saturated rings. The largest absolute Gasteiger partial charge is 0.507 e. The molecule has 1 saturated heterocycles. The zero-order valence-corrected chi connectivity index (χ0v) is 19.4. The van der Waals surface area contributed by atoms with E-state index in [9.17, 15) is 19.1 Å². The van der Waals surface area contributed by atoms with Gasteiger partial charge in [0.15, 0.2) is 5.13 Å². The van der Waals surface area contributed by atoms with E-state index in [1.165, 1.54) is 23.1 Å². The van der Waals surface area contributed by atoms with Gasteiger partial charge in [-0.3, -0.25) is 14.5 Å². The van der Waals surface area contributed by atoms with E-state index in [-0.39, 0.29) is 22.6 Å². The lowest BCUT2D eigenvalue weighted by molar-refractivity contribution is -0.132. The summed E-state index contributed by atoms with van der Waals surface area (Å²) in [6.07, 6.45) is 0.719. The van der Waals surface area contributed by atoms with Crippen LogP contribution in [0, 0.1) is 5.82 Å². The van der Waals surface area contributed by atoms with Crippen LogP contribution in [0.25, 0.3) is 16.0 Å². The molecule has 6 nitrogen and oxygen atoms in total. The Kier molecular flexibility index (Phi) is 4.93. The van der Waals surface area contributed by atoms with E-state index < -0.39 is 23.5 Å². The number of fused-ring (bicyclic) bond motifs is 2. The van der Waals surface area contributed by atoms with E-state index >= 15 is 0 Å². The molecule has 174 valence electrons. The fraction of sp³-hybridized carbons (Fsp3) is 0.148. The second kappa shape index (κ2) is 8.02. The first-order valence-electron chi connectivity index (χ1n) is 11.1. The smallest absolute Gasteiger partial charge is 0.301 e. The topological polar surface area (TPSA) is 79.7 Å². The second-order valence-corrected chi connectivity index (χ2v) is 9.65. The maximum atomic E-state index is 13.8. The Balaban J connectivity index is 1.53. The maximum absolute atomic E-state index is 13.8. The van der Waals surface area contributed by atoms with Crippen LogP contribution in [0.2, 0.25) is 0 Å². The summed E-state index contributed by atoms with van der Waals surface area (Å²) in [6.45, 7) is 1.96. The lowest BCUT2D eigenvalue weighted by atomic mass is 9.94. The number of aliphatic hydroxyl groups is 1. The molecule has 2 aliphatic rings. The number of hydrogen-bond acceptors (Lipinski definition) is 6. The molecule has 1 amide bonds. The average Bonchev–Trinajstić information content (AvgIpc) is 3.51. The summed E-state index contributed by atoms with van der Waals surface area (Å²) >= 11 is 1.12. The lowest BCUT2D eigenvalue weighted by Gasteiger charge is -2.23. The number of ketones is 1. The molecule has 0 aliphatic carbocycles. The second-order valence-electron chi connectivity index (χ2n) is 8.64. The first-order chi connectivity index (χ1) is 16.9. The average molecular weight is 487 g/mol. The number of carbonyl (C=O) groups is 2. The predicted octanol–water partition coefficient (Wildman–Crippen LogP) is 5.39.